The van der Waals surface area contributed by atoms with Gasteiger partial charge in [0.2, 0.25) is 0 Å². The van der Waals surface area contributed by atoms with Crippen molar-refractivity contribution in [2.75, 3.05) is 13.1 Å². The van der Waals surface area contributed by atoms with Gasteiger partial charge in [0.1, 0.15) is 17.8 Å². The molecule has 0 radical (unpaired) electrons. The third-order valence-corrected chi connectivity index (χ3v) is 2.49. The van der Waals surface area contributed by atoms with Gasteiger partial charge in [0.25, 0.3) is 0 Å². The molecule has 4 nitrogen and oxygen atoms in total. The van der Waals surface area contributed by atoms with Crippen LogP contribution in [0, 0.1) is 0 Å². The number of nitrogens with zero attached hydrogens (tertiary/aromatic N) is 3. The lowest BCUT2D eigenvalue weighted by molar-refractivity contribution is 0.0870. The first-order valence-electron chi connectivity index (χ1n) is 4.89. The van der Waals surface area contributed by atoms with Gasteiger partial charge in [-0.15, -0.1) is 0 Å². The Labute approximate surface area is 82.5 Å². The molecule has 14 heavy (non-hydrogen) atoms. The first-order chi connectivity index (χ1) is 6.61. The Morgan fingerprint density at radius 2 is 2.36 bits per heavy atom. The third kappa shape index (κ3) is 1.64. The molecule has 0 saturated carbocycles. The van der Waals surface area contributed by atoms with Crippen LogP contribution < -0.4 is 5.32 Å². The molecule has 0 unspecified atom stereocenters. The van der Waals surface area contributed by atoms with Crippen molar-refractivity contribution in [1.29, 1.82) is 0 Å². The molecular formula is C9H15FN4. The van der Waals surface area contributed by atoms with Crippen LogP contribution in [-0.2, 0) is 6.42 Å². The zero-order valence-corrected chi connectivity index (χ0v) is 8.50. The van der Waals surface area contributed by atoms with Crippen LogP contribution >= 0.6 is 0 Å². The minimum absolute atomic E-state index is 0.240. The molecule has 1 fully saturated rings. The zero-order chi connectivity index (χ0) is 10.2. The Morgan fingerprint density at radius 3 is 2.86 bits per heavy atom. The number of aromatic nitrogens is 3. The van der Waals surface area contributed by atoms with Crippen LogP contribution in [0.4, 0.5) is 4.39 Å². The molecule has 2 rings (SSSR count). The van der Waals surface area contributed by atoms with Crippen molar-refractivity contribution in [2.24, 2.45) is 0 Å². The summed E-state index contributed by atoms with van der Waals surface area (Å²) >= 11 is 0. The molecule has 0 bridgehead atoms. The maximum atomic E-state index is 13.8. The molecule has 2 heterocycles. The molecule has 0 aliphatic carbocycles. The predicted octanol–water partition coefficient (Wildman–Crippen LogP) is 0.713. The molecule has 1 aromatic heterocycles. The van der Waals surface area contributed by atoms with Crippen LogP contribution in [-0.4, -0.2) is 33.5 Å². The Kier molecular flexibility index (Phi) is 2.26. The fraction of sp³-hybridized carbons (Fsp3) is 0.778. The minimum atomic E-state index is -1.11. The SMILES string of the molecule is CC(C)n1ncnc1CC1(F)CNC1. The van der Waals surface area contributed by atoms with Crippen molar-refractivity contribution < 1.29 is 4.39 Å². The van der Waals surface area contributed by atoms with Crippen molar-refractivity contribution in [3.8, 4) is 0 Å². The van der Waals surface area contributed by atoms with Crippen LogP contribution in [0.2, 0.25) is 0 Å². The lowest BCUT2D eigenvalue weighted by atomic mass is 9.95. The first kappa shape index (κ1) is 9.58. The molecule has 0 atom stereocenters. The number of hydrogen-bond acceptors (Lipinski definition) is 3. The topological polar surface area (TPSA) is 42.7 Å². The standard InChI is InChI=1S/C9H15FN4/c1-7(2)14-8(12-6-13-14)3-9(10)4-11-5-9/h6-7,11H,3-5H2,1-2H3. The number of halogens is 1. The molecule has 1 N–H and O–H groups in total. The highest BCUT2D eigenvalue weighted by Gasteiger charge is 2.38. The Morgan fingerprint density at radius 1 is 1.64 bits per heavy atom. The molecule has 1 aliphatic heterocycles. The van der Waals surface area contributed by atoms with Crippen molar-refractivity contribution in [2.45, 2.75) is 32.0 Å². The highest BCUT2D eigenvalue weighted by molar-refractivity contribution is 5.02. The van der Waals surface area contributed by atoms with E-state index in [1.54, 1.807) is 4.68 Å². The summed E-state index contributed by atoms with van der Waals surface area (Å²) in [5.41, 5.74) is -1.11. The smallest absolute Gasteiger partial charge is 0.142 e. The molecule has 0 aromatic carbocycles. The second-order valence-electron chi connectivity index (χ2n) is 4.15. The van der Waals surface area contributed by atoms with Gasteiger partial charge in [-0.25, -0.2) is 14.1 Å². The van der Waals surface area contributed by atoms with E-state index in [1.165, 1.54) is 6.33 Å². The first-order valence-corrected chi connectivity index (χ1v) is 4.89. The van der Waals surface area contributed by atoms with E-state index in [2.05, 4.69) is 15.4 Å². The molecular weight excluding hydrogens is 183 g/mol. The monoisotopic (exact) mass is 198 g/mol. The van der Waals surface area contributed by atoms with Crippen LogP contribution in [0.1, 0.15) is 25.7 Å². The largest absolute Gasteiger partial charge is 0.310 e. The second kappa shape index (κ2) is 3.31. The average Bonchev–Trinajstić information content (AvgIpc) is 2.49. The summed E-state index contributed by atoms with van der Waals surface area (Å²) in [5, 5.41) is 7.01. The van der Waals surface area contributed by atoms with Crippen molar-refractivity contribution >= 4 is 0 Å². The number of hydrogen-bond donors (Lipinski definition) is 1. The van der Waals surface area contributed by atoms with E-state index in [4.69, 9.17) is 0 Å². The van der Waals surface area contributed by atoms with E-state index in [9.17, 15) is 4.39 Å². The molecule has 0 spiro atoms. The predicted molar refractivity (Wildman–Crippen MR) is 50.8 cm³/mol. The normalized spacial score (nSPS) is 19.7. The van der Waals surface area contributed by atoms with Crippen LogP contribution in [0.15, 0.2) is 6.33 Å². The maximum absolute atomic E-state index is 13.8. The molecule has 0 amide bonds. The zero-order valence-electron chi connectivity index (χ0n) is 8.50. The summed E-state index contributed by atoms with van der Waals surface area (Å²) in [4.78, 5) is 4.09. The van der Waals surface area contributed by atoms with E-state index >= 15 is 0 Å². The molecule has 1 saturated heterocycles. The van der Waals surface area contributed by atoms with Crippen LogP contribution in [0.25, 0.3) is 0 Å². The van der Waals surface area contributed by atoms with Gasteiger partial charge in [-0.3, -0.25) is 0 Å². The van der Waals surface area contributed by atoms with E-state index in [1.807, 2.05) is 13.8 Å². The maximum Gasteiger partial charge on any atom is 0.142 e. The van der Waals surface area contributed by atoms with Crippen molar-refractivity contribution in [1.82, 2.24) is 20.1 Å². The summed E-state index contributed by atoms with van der Waals surface area (Å²) in [6, 6.07) is 0.240. The fourth-order valence-corrected chi connectivity index (χ4v) is 1.64. The number of rotatable bonds is 3. The van der Waals surface area contributed by atoms with Gasteiger partial charge in [0.05, 0.1) is 0 Å². The van der Waals surface area contributed by atoms with E-state index in [0.717, 1.165) is 5.82 Å². The minimum Gasteiger partial charge on any atom is -0.310 e. The summed E-state index contributed by atoms with van der Waals surface area (Å²) in [7, 11) is 0. The van der Waals surface area contributed by atoms with Crippen LogP contribution in [0.3, 0.4) is 0 Å². The molecule has 78 valence electrons. The quantitative estimate of drug-likeness (QED) is 0.778. The van der Waals surface area contributed by atoms with Gasteiger partial charge >= 0.3 is 0 Å². The lowest BCUT2D eigenvalue weighted by Gasteiger charge is -2.34. The van der Waals surface area contributed by atoms with Crippen molar-refractivity contribution in [3.63, 3.8) is 0 Å². The Hall–Kier alpha value is -0.970. The van der Waals surface area contributed by atoms with Gasteiger partial charge in [0, 0.05) is 25.6 Å². The summed E-state index contributed by atoms with van der Waals surface area (Å²) in [6.07, 6.45) is 1.85. The van der Waals surface area contributed by atoms with Gasteiger partial charge in [-0.2, -0.15) is 5.10 Å². The van der Waals surface area contributed by atoms with Crippen LogP contribution in [0.5, 0.6) is 0 Å². The molecule has 5 heteroatoms. The second-order valence-corrected chi connectivity index (χ2v) is 4.15. The summed E-state index contributed by atoms with van der Waals surface area (Å²) in [6.45, 7) is 4.89. The Bertz CT molecular complexity index is 316. The Balaban J connectivity index is 2.12. The van der Waals surface area contributed by atoms with Gasteiger partial charge < -0.3 is 5.32 Å². The van der Waals surface area contributed by atoms with Gasteiger partial charge in [-0.1, -0.05) is 0 Å². The van der Waals surface area contributed by atoms with Gasteiger partial charge in [-0.05, 0) is 13.8 Å². The highest BCUT2D eigenvalue weighted by Crippen LogP contribution is 2.22. The molecule has 1 aliphatic rings. The lowest BCUT2D eigenvalue weighted by Crippen LogP contribution is -2.57. The third-order valence-electron chi connectivity index (χ3n) is 2.49. The van der Waals surface area contributed by atoms with E-state index < -0.39 is 5.67 Å². The number of nitrogens with one attached hydrogen (secondary N) is 1. The highest BCUT2D eigenvalue weighted by atomic mass is 19.1. The van der Waals surface area contributed by atoms with Crippen molar-refractivity contribution in [3.05, 3.63) is 12.2 Å². The summed E-state index contributed by atoms with van der Waals surface area (Å²) in [5.74, 6) is 0.740. The van der Waals surface area contributed by atoms with E-state index in [0.29, 0.717) is 19.5 Å². The van der Waals surface area contributed by atoms with Gasteiger partial charge in [0.15, 0.2) is 0 Å². The summed E-state index contributed by atoms with van der Waals surface area (Å²) < 4.78 is 15.5. The average molecular weight is 198 g/mol. The van der Waals surface area contributed by atoms with E-state index in [-0.39, 0.29) is 6.04 Å². The fourth-order valence-electron chi connectivity index (χ4n) is 1.64. The number of alkyl halides is 1. The molecule has 1 aromatic rings.